The lowest BCUT2D eigenvalue weighted by atomic mass is 10.1. The quantitative estimate of drug-likeness (QED) is 0.478. The summed E-state index contributed by atoms with van der Waals surface area (Å²) in [5.41, 5.74) is 2.70. The van der Waals surface area contributed by atoms with Crippen molar-refractivity contribution in [2.45, 2.75) is 13.0 Å². The zero-order chi connectivity index (χ0) is 20.4. The average molecular weight is 393 g/mol. The van der Waals surface area contributed by atoms with E-state index in [0.29, 0.717) is 12.3 Å². The van der Waals surface area contributed by atoms with Gasteiger partial charge in [0.2, 0.25) is 0 Å². The molecule has 0 radical (unpaired) electrons. The number of para-hydroxylation sites is 1. The lowest BCUT2D eigenvalue weighted by molar-refractivity contribution is -0.136. The number of halogens is 2. The molecule has 0 amide bonds. The fraction of sp³-hybridized carbons (Fsp3) is 0.0870. The van der Waals surface area contributed by atoms with Crippen LogP contribution >= 0.6 is 0 Å². The maximum atomic E-state index is 13.3. The molecule has 0 saturated heterocycles. The summed E-state index contributed by atoms with van der Waals surface area (Å²) >= 11 is 0. The van der Waals surface area contributed by atoms with Crippen molar-refractivity contribution < 1.29 is 23.4 Å². The minimum atomic E-state index is -0.872. The van der Waals surface area contributed by atoms with Gasteiger partial charge in [0.05, 0.1) is 6.42 Å². The van der Waals surface area contributed by atoms with Crippen molar-refractivity contribution >= 4 is 16.9 Å². The number of aliphatic carboxylic acids is 1. The molecule has 0 spiro atoms. The fourth-order valence-corrected chi connectivity index (χ4v) is 3.34. The zero-order valence-corrected chi connectivity index (χ0v) is 15.3. The number of carbonyl (C=O) groups is 1. The van der Waals surface area contributed by atoms with Crippen molar-refractivity contribution in [3.8, 4) is 11.5 Å². The standard InChI is InChI=1S/C23H17F2NO3/c24-17-10-18(25)12-20(11-17)29-19-7-5-15(6-8-19)13-26-14-16(9-23(27)28)21-3-1-2-4-22(21)26/h1-8,10-12,14H,9,13H2,(H,27,28). The Kier molecular flexibility index (Phi) is 4.99. The molecule has 0 aliphatic carbocycles. The summed E-state index contributed by atoms with van der Waals surface area (Å²) in [5, 5.41) is 10.1. The van der Waals surface area contributed by atoms with Crippen LogP contribution in [0.3, 0.4) is 0 Å². The minimum absolute atomic E-state index is 0.0372. The van der Waals surface area contributed by atoms with Crippen LogP contribution in [0, 0.1) is 11.6 Å². The summed E-state index contributed by atoms with van der Waals surface area (Å²) in [4.78, 5) is 11.1. The van der Waals surface area contributed by atoms with E-state index in [9.17, 15) is 13.6 Å². The van der Waals surface area contributed by atoms with Crippen molar-refractivity contribution in [3.63, 3.8) is 0 Å². The van der Waals surface area contributed by atoms with Crippen LogP contribution in [-0.4, -0.2) is 15.6 Å². The Morgan fingerprint density at radius 2 is 1.62 bits per heavy atom. The molecule has 0 bridgehead atoms. The third-order valence-corrected chi connectivity index (χ3v) is 4.56. The second kappa shape index (κ2) is 7.75. The predicted molar refractivity (Wildman–Crippen MR) is 105 cm³/mol. The molecule has 4 rings (SSSR count). The van der Waals surface area contributed by atoms with Gasteiger partial charge in [0.15, 0.2) is 0 Å². The number of nitrogens with zero attached hydrogens (tertiary/aromatic N) is 1. The number of aromatic nitrogens is 1. The maximum Gasteiger partial charge on any atom is 0.307 e. The van der Waals surface area contributed by atoms with E-state index in [1.807, 2.05) is 47.2 Å². The van der Waals surface area contributed by atoms with Gasteiger partial charge < -0.3 is 14.4 Å². The van der Waals surface area contributed by atoms with Crippen molar-refractivity contribution in [2.24, 2.45) is 0 Å². The summed E-state index contributed by atoms with van der Waals surface area (Å²) in [6.45, 7) is 0.551. The number of fused-ring (bicyclic) bond motifs is 1. The van der Waals surface area contributed by atoms with E-state index in [4.69, 9.17) is 9.84 Å². The monoisotopic (exact) mass is 393 g/mol. The maximum absolute atomic E-state index is 13.3. The van der Waals surface area contributed by atoms with Gasteiger partial charge in [-0.1, -0.05) is 30.3 Å². The molecule has 4 nitrogen and oxygen atoms in total. The highest BCUT2D eigenvalue weighted by Gasteiger charge is 2.11. The Labute approximate surface area is 165 Å². The first-order chi connectivity index (χ1) is 14.0. The van der Waals surface area contributed by atoms with E-state index in [2.05, 4.69) is 0 Å². The van der Waals surface area contributed by atoms with Crippen LogP contribution < -0.4 is 4.74 Å². The molecule has 146 valence electrons. The second-order valence-electron chi connectivity index (χ2n) is 6.72. The minimum Gasteiger partial charge on any atom is -0.481 e. The molecule has 29 heavy (non-hydrogen) atoms. The van der Waals surface area contributed by atoms with E-state index >= 15 is 0 Å². The van der Waals surface area contributed by atoms with Crippen LogP contribution in [0.2, 0.25) is 0 Å². The Morgan fingerprint density at radius 3 is 2.31 bits per heavy atom. The van der Waals surface area contributed by atoms with Crippen molar-refractivity contribution in [3.05, 3.63) is 95.7 Å². The van der Waals surface area contributed by atoms with Crippen molar-refractivity contribution in [1.29, 1.82) is 0 Å². The van der Waals surface area contributed by atoms with Gasteiger partial charge in [-0.25, -0.2) is 8.78 Å². The van der Waals surface area contributed by atoms with Crippen LogP contribution in [0.4, 0.5) is 8.78 Å². The third kappa shape index (κ3) is 4.27. The van der Waals surface area contributed by atoms with Crippen molar-refractivity contribution in [1.82, 2.24) is 4.57 Å². The summed E-state index contributed by atoms with van der Waals surface area (Å²) in [6, 6.07) is 17.9. The number of rotatable bonds is 6. The molecule has 0 saturated carbocycles. The topological polar surface area (TPSA) is 51.5 Å². The molecule has 1 aromatic heterocycles. The molecule has 4 aromatic rings. The molecule has 0 aliphatic rings. The molecule has 1 N–H and O–H groups in total. The SMILES string of the molecule is O=C(O)Cc1cn(Cc2ccc(Oc3cc(F)cc(F)c3)cc2)c2ccccc12. The zero-order valence-electron chi connectivity index (χ0n) is 15.3. The molecule has 1 heterocycles. The first-order valence-corrected chi connectivity index (χ1v) is 8.99. The van der Waals surface area contributed by atoms with Gasteiger partial charge in [0.1, 0.15) is 23.1 Å². The van der Waals surface area contributed by atoms with Crippen LogP contribution in [0.1, 0.15) is 11.1 Å². The van der Waals surface area contributed by atoms with E-state index in [-0.39, 0.29) is 12.2 Å². The van der Waals surface area contributed by atoms with Gasteiger partial charge in [-0.05, 0) is 29.3 Å². The predicted octanol–water partition coefficient (Wildman–Crippen LogP) is 5.39. The van der Waals surface area contributed by atoms with Crippen LogP contribution in [-0.2, 0) is 17.8 Å². The normalized spacial score (nSPS) is 11.0. The van der Waals surface area contributed by atoms with Crippen LogP contribution in [0.15, 0.2) is 72.9 Å². The first-order valence-electron chi connectivity index (χ1n) is 8.99. The molecule has 0 unspecified atom stereocenters. The van der Waals surface area contributed by atoms with Crippen molar-refractivity contribution in [2.75, 3.05) is 0 Å². The summed E-state index contributed by atoms with van der Waals surface area (Å²) in [5.74, 6) is -1.72. The van der Waals surface area contributed by atoms with Gasteiger partial charge in [0, 0.05) is 41.8 Å². The lowest BCUT2D eigenvalue weighted by Crippen LogP contribution is -2.00. The Hall–Kier alpha value is -3.67. The second-order valence-corrected chi connectivity index (χ2v) is 6.72. The largest absolute Gasteiger partial charge is 0.481 e. The Morgan fingerprint density at radius 1 is 0.931 bits per heavy atom. The average Bonchev–Trinajstić information content (AvgIpc) is 2.99. The summed E-state index contributed by atoms with van der Waals surface area (Å²) in [7, 11) is 0. The highest BCUT2D eigenvalue weighted by Crippen LogP contribution is 2.26. The number of carboxylic acid groups (broad SMARTS) is 1. The van der Waals surface area contributed by atoms with E-state index < -0.39 is 17.6 Å². The first kappa shape index (κ1) is 18.7. The Balaban J connectivity index is 1.55. The summed E-state index contributed by atoms with van der Waals surface area (Å²) < 4.78 is 34.1. The van der Waals surface area contributed by atoms with Gasteiger partial charge in [-0.15, -0.1) is 0 Å². The molecular weight excluding hydrogens is 376 g/mol. The van der Waals surface area contributed by atoms with Gasteiger partial charge in [-0.3, -0.25) is 4.79 Å². The smallest absolute Gasteiger partial charge is 0.307 e. The van der Waals surface area contributed by atoms with Gasteiger partial charge in [0.25, 0.3) is 0 Å². The van der Waals surface area contributed by atoms with Gasteiger partial charge in [-0.2, -0.15) is 0 Å². The molecule has 0 fully saturated rings. The number of benzene rings is 3. The van der Waals surface area contributed by atoms with E-state index in [1.165, 1.54) is 0 Å². The summed E-state index contributed by atoms with van der Waals surface area (Å²) in [6.07, 6.45) is 1.82. The lowest BCUT2D eigenvalue weighted by Gasteiger charge is -2.09. The van der Waals surface area contributed by atoms with Crippen LogP contribution in [0.5, 0.6) is 11.5 Å². The van der Waals surface area contributed by atoms with E-state index in [0.717, 1.165) is 40.2 Å². The third-order valence-electron chi connectivity index (χ3n) is 4.56. The van der Waals surface area contributed by atoms with E-state index in [1.54, 1.807) is 12.1 Å². The van der Waals surface area contributed by atoms with Crippen LogP contribution in [0.25, 0.3) is 10.9 Å². The number of carboxylic acids is 1. The Bertz CT molecular complexity index is 1160. The molecular formula is C23H17F2NO3. The number of hydrogen-bond donors (Lipinski definition) is 1. The number of ether oxygens (including phenoxy) is 1. The number of hydrogen-bond acceptors (Lipinski definition) is 2. The molecule has 3 aromatic carbocycles. The highest BCUT2D eigenvalue weighted by atomic mass is 19.1. The fourth-order valence-electron chi connectivity index (χ4n) is 3.34. The molecule has 6 heteroatoms. The van der Waals surface area contributed by atoms with Gasteiger partial charge >= 0.3 is 5.97 Å². The molecule has 0 aliphatic heterocycles. The molecule has 0 atom stereocenters. The highest BCUT2D eigenvalue weighted by molar-refractivity contribution is 5.87.